The Hall–Kier alpha value is -3.71. The number of anilines is 1. The summed E-state index contributed by atoms with van der Waals surface area (Å²) >= 11 is 0. The second kappa shape index (κ2) is 7.85. The molecule has 0 atom stereocenters. The van der Waals surface area contributed by atoms with Gasteiger partial charge in [-0.05, 0) is 54.6 Å². The average molecular weight is 412 g/mol. The van der Waals surface area contributed by atoms with E-state index in [9.17, 15) is 4.79 Å². The van der Waals surface area contributed by atoms with Crippen molar-refractivity contribution in [3.63, 3.8) is 0 Å². The number of benzene rings is 1. The number of fused-ring (bicyclic) bond motifs is 1. The van der Waals surface area contributed by atoms with Crippen molar-refractivity contribution in [2.75, 3.05) is 39.0 Å². The smallest absolute Gasteiger partial charge is 0.253 e. The molecule has 1 amide bonds. The Morgan fingerprint density at radius 2 is 1.81 bits per heavy atom. The van der Waals surface area contributed by atoms with Gasteiger partial charge in [-0.25, -0.2) is 4.98 Å². The minimum atomic E-state index is 0.0793. The summed E-state index contributed by atoms with van der Waals surface area (Å²) in [6.45, 7) is 3.32. The molecule has 0 radical (unpaired) electrons. The van der Waals surface area contributed by atoms with E-state index < -0.39 is 0 Å². The van der Waals surface area contributed by atoms with E-state index in [0.717, 1.165) is 48.6 Å². The van der Waals surface area contributed by atoms with Crippen LogP contribution in [-0.2, 0) is 0 Å². The van der Waals surface area contributed by atoms with Gasteiger partial charge in [-0.3, -0.25) is 14.2 Å². The lowest BCUT2D eigenvalue weighted by atomic mass is 10.0. The van der Waals surface area contributed by atoms with Crippen LogP contribution in [0, 0.1) is 0 Å². The largest absolute Gasteiger partial charge is 0.383 e. The first kappa shape index (κ1) is 19.3. The van der Waals surface area contributed by atoms with E-state index >= 15 is 0 Å². The minimum Gasteiger partial charge on any atom is -0.383 e. The highest BCUT2D eigenvalue weighted by Crippen LogP contribution is 2.28. The normalized spacial score (nSPS) is 14.8. The molecule has 1 fully saturated rings. The van der Waals surface area contributed by atoms with E-state index in [1.807, 2.05) is 70.1 Å². The fraction of sp³-hybridized carbons (Fsp3) is 0.208. The first-order valence-corrected chi connectivity index (χ1v) is 10.4. The van der Waals surface area contributed by atoms with Gasteiger partial charge in [-0.15, -0.1) is 0 Å². The second-order valence-corrected chi connectivity index (χ2v) is 7.88. The third-order valence-electron chi connectivity index (χ3n) is 5.80. The highest BCUT2D eigenvalue weighted by Gasteiger charge is 2.20. The Balaban J connectivity index is 1.48. The van der Waals surface area contributed by atoms with Gasteiger partial charge in [0.2, 0.25) is 0 Å². The number of aromatic nitrogens is 3. The van der Waals surface area contributed by atoms with Crippen molar-refractivity contribution >= 4 is 17.4 Å². The highest BCUT2D eigenvalue weighted by molar-refractivity contribution is 5.95. The topological polar surface area (TPSA) is 79.8 Å². The first-order chi connectivity index (χ1) is 15.1. The maximum atomic E-state index is 13.0. The van der Waals surface area contributed by atoms with Gasteiger partial charge in [0.15, 0.2) is 0 Å². The van der Waals surface area contributed by atoms with Gasteiger partial charge in [0.25, 0.3) is 5.91 Å². The molecule has 7 nitrogen and oxygen atoms in total. The summed E-state index contributed by atoms with van der Waals surface area (Å²) in [7, 11) is 2.08. The molecule has 0 unspecified atom stereocenters. The summed E-state index contributed by atoms with van der Waals surface area (Å²) in [5, 5.41) is 0. The van der Waals surface area contributed by atoms with Crippen LogP contribution in [0.2, 0.25) is 0 Å². The van der Waals surface area contributed by atoms with Crippen molar-refractivity contribution in [2.24, 2.45) is 0 Å². The van der Waals surface area contributed by atoms with E-state index in [-0.39, 0.29) is 5.91 Å². The van der Waals surface area contributed by atoms with E-state index in [2.05, 4.69) is 21.9 Å². The van der Waals surface area contributed by atoms with Crippen LogP contribution < -0.4 is 5.73 Å². The Labute approximate surface area is 180 Å². The third kappa shape index (κ3) is 3.64. The number of hydrogen-bond acceptors (Lipinski definition) is 5. The molecule has 7 heteroatoms. The Bertz CT molecular complexity index is 1240. The number of pyridine rings is 2. The lowest BCUT2D eigenvalue weighted by Crippen LogP contribution is -2.47. The van der Waals surface area contributed by atoms with Crippen LogP contribution in [0.4, 0.5) is 5.82 Å². The molecular weight excluding hydrogens is 388 g/mol. The van der Waals surface area contributed by atoms with Crippen LogP contribution in [0.5, 0.6) is 0 Å². The molecule has 3 aromatic heterocycles. The predicted molar refractivity (Wildman–Crippen MR) is 122 cm³/mol. The Morgan fingerprint density at radius 1 is 0.968 bits per heavy atom. The Morgan fingerprint density at radius 3 is 2.58 bits per heavy atom. The molecule has 31 heavy (non-hydrogen) atoms. The van der Waals surface area contributed by atoms with Gasteiger partial charge in [-0.2, -0.15) is 0 Å². The minimum absolute atomic E-state index is 0.0793. The molecule has 4 heterocycles. The molecule has 2 N–H and O–H groups in total. The Kier molecular flexibility index (Phi) is 4.88. The van der Waals surface area contributed by atoms with Crippen LogP contribution >= 0.6 is 0 Å². The number of hydrogen-bond donors (Lipinski definition) is 1. The van der Waals surface area contributed by atoms with Crippen molar-refractivity contribution in [1.82, 2.24) is 24.2 Å². The van der Waals surface area contributed by atoms with Crippen LogP contribution in [0.15, 0.2) is 67.0 Å². The molecule has 0 spiro atoms. The summed E-state index contributed by atoms with van der Waals surface area (Å²) in [5.74, 6) is 0.621. The van der Waals surface area contributed by atoms with Crippen LogP contribution in [0.25, 0.3) is 28.2 Å². The van der Waals surface area contributed by atoms with Gasteiger partial charge < -0.3 is 15.5 Å². The van der Waals surface area contributed by atoms with Gasteiger partial charge in [-0.1, -0.05) is 18.2 Å². The summed E-state index contributed by atoms with van der Waals surface area (Å²) in [6.07, 6.45) is 3.69. The van der Waals surface area contributed by atoms with E-state index in [4.69, 9.17) is 5.73 Å². The molecule has 156 valence electrons. The highest BCUT2D eigenvalue weighted by atomic mass is 16.2. The zero-order valence-corrected chi connectivity index (χ0v) is 17.4. The van der Waals surface area contributed by atoms with Gasteiger partial charge >= 0.3 is 0 Å². The predicted octanol–water partition coefficient (Wildman–Crippen LogP) is 3.03. The van der Waals surface area contributed by atoms with Crippen molar-refractivity contribution in [2.45, 2.75) is 0 Å². The number of likely N-dealkylation sites (N-methyl/N-ethyl adjacent to an activating group) is 1. The number of nitrogens with zero attached hydrogens (tertiary/aromatic N) is 5. The number of piperazine rings is 1. The number of nitrogens with two attached hydrogens (primary N) is 1. The van der Waals surface area contributed by atoms with Crippen molar-refractivity contribution in [3.8, 4) is 22.5 Å². The standard InChI is InChI=1S/C24H24N6O/c1-28-11-13-29(14-12-28)24(31)18-6-4-5-17(15-18)19-8-9-21-27-22(23(25)30(21)16-19)20-7-2-3-10-26-20/h2-10,15-16H,11-14,25H2,1H3. The fourth-order valence-electron chi connectivity index (χ4n) is 3.95. The maximum Gasteiger partial charge on any atom is 0.253 e. The van der Waals surface area contributed by atoms with Crippen LogP contribution in [-0.4, -0.2) is 63.3 Å². The number of nitrogen functional groups attached to an aromatic ring is 1. The van der Waals surface area contributed by atoms with E-state index in [0.29, 0.717) is 17.1 Å². The number of carbonyl (C=O) groups excluding carboxylic acids is 1. The monoisotopic (exact) mass is 412 g/mol. The van der Waals surface area contributed by atoms with Gasteiger partial charge in [0.05, 0.1) is 5.69 Å². The van der Waals surface area contributed by atoms with Crippen molar-refractivity contribution in [1.29, 1.82) is 0 Å². The van der Waals surface area contributed by atoms with Gasteiger partial charge in [0, 0.05) is 44.1 Å². The number of carbonyl (C=O) groups is 1. The molecule has 4 aromatic rings. The van der Waals surface area contributed by atoms with Crippen molar-refractivity contribution < 1.29 is 4.79 Å². The van der Waals surface area contributed by atoms with Gasteiger partial charge in [0.1, 0.15) is 17.2 Å². The molecule has 1 aliphatic heterocycles. The average Bonchev–Trinajstić information content (AvgIpc) is 3.15. The fourth-order valence-corrected chi connectivity index (χ4v) is 3.95. The maximum absolute atomic E-state index is 13.0. The zero-order chi connectivity index (χ0) is 21.4. The lowest BCUT2D eigenvalue weighted by Gasteiger charge is -2.32. The summed E-state index contributed by atoms with van der Waals surface area (Å²) in [6, 6.07) is 17.4. The summed E-state index contributed by atoms with van der Waals surface area (Å²) < 4.78 is 1.87. The lowest BCUT2D eigenvalue weighted by molar-refractivity contribution is 0.0664. The number of amides is 1. The molecule has 0 aliphatic carbocycles. The molecule has 0 saturated carbocycles. The summed E-state index contributed by atoms with van der Waals surface area (Å²) in [4.78, 5) is 26.2. The second-order valence-electron chi connectivity index (χ2n) is 7.88. The molecular formula is C24H24N6O. The van der Waals surface area contributed by atoms with Crippen LogP contribution in [0.3, 0.4) is 0 Å². The number of imidazole rings is 1. The van der Waals surface area contributed by atoms with E-state index in [1.165, 1.54) is 0 Å². The molecule has 5 rings (SSSR count). The SMILES string of the molecule is CN1CCN(C(=O)c2cccc(-c3ccc4nc(-c5ccccn5)c(N)n4c3)c2)CC1. The zero-order valence-electron chi connectivity index (χ0n) is 17.4. The molecule has 1 aromatic carbocycles. The van der Waals surface area contributed by atoms with Crippen LogP contribution in [0.1, 0.15) is 10.4 Å². The number of rotatable bonds is 3. The first-order valence-electron chi connectivity index (χ1n) is 10.4. The van der Waals surface area contributed by atoms with E-state index in [1.54, 1.807) is 6.20 Å². The summed E-state index contributed by atoms with van der Waals surface area (Å²) in [5.41, 5.74) is 11.2. The molecule has 0 bridgehead atoms. The van der Waals surface area contributed by atoms with Crippen molar-refractivity contribution in [3.05, 3.63) is 72.6 Å². The molecule has 1 aliphatic rings. The quantitative estimate of drug-likeness (QED) is 0.560. The molecule has 1 saturated heterocycles. The third-order valence-corrected chi connectivity index (χ3v) is 5.80.